The molecule has 1 aliphatic carbocycles. The third-order valence-corrected chi connectivity index (χ3v) is 12.7. The molecule has 0 amide bonds. The zero-order valence-electron chi connectivity index (χ0n) is 40.3. The van der Waals surface area contributed by atoms with Crippen molar-refractivity contribution in [2.45, 2.75) is 202 Å². The molecule has 5 atom stereocenters. The van der Waals surface area contributed by atoms with Crippen LogP contribution in [0.1, 0.15) is 214 Å². The summed E-state index contributed by atoms with van der Waals surface area (Å²) in [6, 6.07) is 19.2. The van der Waals surface area contributed by atoms with E-state index in [4.69, 9.17) is 0 Å². The van der Waals surface area contributed by atoms with Crippen LogP contribution < -0.4 is 0 Å². The van der Waals surface area contributed by atoms with Crippen LogP contribution in [-0.4, -0.2) is 26.0 Å². The van der Waals surface area contributed by atoms with Gasteiger partial charge in [0.2, 0.25) is 0 Å². The molecule has 4 rings (SSSR count). The number of benzene rings is 3. The summed E-state index contributed by atoms with van der Waals surface area (Å²) in [5, 5.41) is 51.8. The van der Waals surface area contributed by atoms with Crippen LogP contribution in [0.4, 0.5) is 0 Å². The summed E-state index contributed by atoms with van der Waals surface area (Å²) in [6.07, 6.45) is -3.47. The van der Waals surface area contributed by atoms with Gasteiger partial charge in [-0.3, -0.25) is 0 Å². The first-order chi connectivity index (χ1) is 25.9. The smallest absolute Gasteiger partial charge is 0.104 e. The monoisotopic (exact) mass is 793 g/mol. The zero-order chi connectivity index (χ0) is 44.7. The second-order valence-corrected chi connectivity index (χ2v) is 24.0. The van der Waals surface area contributed by atoms with Gasteiger partial charge in [0, 0.05) is 5.92 Å². The maximum absolute atomic E-state index is 13.2. The fraction of sp³-hybridized carbons (Fsp3) is 0.593. The minimum Gasteiger partial charge on any atom is -0.388 e. The molecule has 0 saturated heterocycles. The highest BCUT2D eigenvalue weighted by atomic mass is 16.3. The summed E-state index contributed by atoms with van der Waals surface area (Å²) in [6.45, 7) is 44.9. The van der Waals surface area contributed by atoms with Crippen LogP contribution in [0.3, 0.4) is 0 Å². The number of rotatable bonds is 6. The number of hydrogen-bond donors (Lipinski definition) is 4. The van der Waals surface area contributed by atoms with Crippen molar-refractivity contribution in [2.75, 3.05) is 0 Å². The normalized spacial score (nSPS) is 20.7. The Morgan fingerprint density at radius 2 is 0.690 bits per heavy atom. The van der Waals surface area contributed by atoms with Crippen LogP contribution in [0.5, 0.6) is 0 Å². The van der Waals surface area contributed by atoms with E-state index in [1.54, 1.807) is 6.92 Å². The highest BCUT2D eigenvalue weighted by Crippen LogP contribution is 2.54. The standard InChI is InChI=1S/C54H80O4/c1-31-42(45(55)33-22-36(48(3,4)5)28-37(23-33)49(6,7)8)32(2)44(47(57)35-26-40(52(15,16)17)30-41(27-35)53(18,19)20)54(21,58)43(31)46(56)34-24-38(50(9,10)11)29-39(25-34)51(12,13)14/h22-30,43,45-47,55-58H,1-21H3. The third kappa shape index (κ3) is 9.78. The molecule has 320 valence electrons. The SMILES string of the molecule is CC1=C(C(O)c2cc(C(C)(C)C)cc(C(C)(C)C)c2)C(C)(O)C(C(O)c2cc(C(C)(C)C)cc(C(C)(C)C)c2)C(C)=C1C(O)c1cc(C(C)(C)C)cc(C(C)(C)C)c1. The summed E-state index contributed by atoms with van der Waals surface area (Å²) < 4.78 is 0. The van der Waals surface area contributed by atoms with Crippen LogP contribution in [-0.2, 0) is 32.5 Å². The molecule has 3 aromatic carbocycles. The molecule has 0 bridgehead atoms. The van der Waals surface area contributed by atoms with Crippen molar-refractivity contribution in [3.8, 4) is 0 Å². The number of hydrogen-bond acceptors (Lipinski definition) is 4. The Morgan fingerprint density at radius 1 is 0.431 bits per heavy atom. The van der Waals surface area contributed by atoms with Gasteiger partial charge in [-0.1, -0.05) is 185 Å². The lowest BCUT2D eigenvalue weighted by molar-refractivity contribution is -0.0360. The first-order valence-corrected chi connectivity index (χ1v) is 21.5. The van der Waals surface area contributed by atoms with Crippen LogP contribution in [0.2, 0.25) is 0 Å². The fourth-order valence-electron chi connectivity index (χ4n) is 8.59. The zero-order valence-corrected chi connectivity index (χ0v) is 40.3. The highest BCUT2D eigenvalue weighted by molar-refractivity contribution is 5.56. The lowest BCUT2D eigenvalue weighted by atomic mass is 9.63. The van der Waals surface area contributed by atoms with Gasteiger partial charge in [-0.2, -0.15) is 0 Å². The molecule has 5 unspecified atom stereocenters. The van der Waals surface area contributed by atoms with Crippen molar-refractivity contribution >= 4 is 0 Å². The van der Waals surface area contributed by atoms with E-state index in [0.29, 0.717) is 33.4 Å². The second-order valence-electron chi connectivity index (χ2n) is 24.0. The van der Waals surface area contributed by atoms with E-state index in [1.807, 2.05) is 13.8 Å². The second kappa shape index (κ2) is 15.5. The van der Waals surface area contributed by atoms with Crippen LogP contribution >= 0.6 is 0 Å². The molecular formula is C54H80O4. The number of aliphatic hydroxyl groups excluding tert-OH is 3. The Kier molecular flexibility index (Phi) is 12.7. The molecule has 4 N–H and O–H groups in total. The summed E-state index contributed by atoms with van der Waals surface area (Å²) in [7, 11) is 0. The van der Waals surface area contributed by atoms with Crippen LogP contribution in [0.25, 0.3) is 0 Å². The molecule has 0 aliphatic heterocycles. The first kappa shape index (κ1) is 47.7. The Hall–Kier alpha value is -3.02. The molecule has 3 aromatic rings. The molecule has 58 heavy (non-hydrogen) atoms. The maximum Gasteiger partial charge on any atom is 0.104 e. The molecule has 0 radical (unpaired) electrons. The van der Waals surface area contributed by atoms with E-state index >= 15 is 0 Å². The molecule has 1 aliphatic rings. The summed E-state index contributed by atoms with van der Waals surface area (Å²) in [5.74, 6) is -0.894. The maximum atomic E-state index is 13.2. The topological polar surface area (TPSA) is 80.9 Å². The Labute approximate surface area is 353 Å². The van der Waals surface area contributed by atoms with Crippen LogP contribution in [0.15, 0.2) is 76.9 Å². The van der Waals surface area contributed by atoms with Crippen molar-refractivity contribution in [2.24, 2.45) is 5.92 Å². The van der Waals surface area contributed by atoms with Gasteiger partial charge in [-0.15, -0.1) is 0 Å². The Balaban J connectivity index is 2.14. The lowest BCUT2D eigenvalue weighted by Crippen LogP contribution is -2.46. The van der Waals surface area contributed by atoms with Gasteiger partial charge in [0.1, 0.15) is 12.2 Å². The van der Waals surface area contributed by atoms with Gasteiger partial charge in [-0.05, 0) is 120 Å². The lowest BCUT2D eigenvalue weighted by Gasteiger charge is -2.46. The van der Waals surface area contributed by atoms with Crippen molar-refractivity contribution in [3.63, 3.8) is 0 Å². The molecule has 4 nitrogen and oxygen atoms in total. The van der Waals surface area contributed by atoms with E-state index in [9.17, 15) is 20.4 Å². The molecule has 4 heteroatoms. The minimum absolute atomic E-state index is 0.175. The fourth-order valence-corrected chi connectivity index (χ4v) is 8.59. The van der Waals surface area contributed by atoms with Crippen molar-refractivity contribution in [3.05, 3.63) is 127 Å². The van der Waals surface area contributed by atoms with E-state index in [0.717, 1.165) is 38.9 Å². The quantitative estimate of drug-likeness (QED) is 0.200. The molecular weight excluding hydrogens is 713 g/mol. The molecule has 0 saturated carbocycles. The average molecular weight is 793 g/mol. The molecule has 0 spiro atoms. The van der Waals surface area contributed by atoms with E-state index in [2.05, 4.69) is 179 Å². The van der Waals surface area contributed by atoms with Crippen molar-refractivity contribution in [1.29, 1.82) is 0 Å². The predicted octanol–water partition coefficient (Wildman–Crippen LogP) is 13.0. The Morgan fingerprint density at radius 3 is 0.966 bits per heavy atom. The summed E-state index contributed by atoms with van der Waals surface area (Å²) in [4.78, 5) is 0. The Bertz CT molecular complexity index is 1970. The summed E-state index contributed by atoms with van der Waals surface area (Å²) in [5.41, 5.74) is 8.29. The van der Waals surface area contributed by atoms with E-state index in [1.165, 1.54) is 0 Å². The van der Waals surface area contributed by atoms with Gasteiger partial charge in [-0.25, -0.2) is 0 Å². The van der Waals surface area contributed by atoms with Crippen LogP contribution in [0, 0.1) is 5.92 Å². The van der Waals surface area contributed by atoms with Gasteiger partial charge in [0.15, 0.2) is 0 Å². The highest BCUT2D eigenvalue weighted by Gasteiger charge is 2.50. The average Bonchev–Trinajstić information content (AvgIpc) is 3.04. The molecule has 0 aromatic heterocycles. The van der Waals surface area contributed by atoms with Gasteiger partial charge in [0.25, 0.3) is 0 Å². The number of aliphatic hydroxyl groups is 4. The minimum atomic E-state index is -1.71. The summed E-state index contributed by atoms with van der Waals surface area (Å²) >= 11 is 0. The first-order valence-electron chi connectivity index (χ1n) is 21.5. The van der Waals surface area contributed by atoms with Gasteiger partial charge < -0.3 is 20.4 Å². The predicted molar refractivity (Wildman–Crippen MR) is 246 cm³/mol. The largest absolute Gasteiger partial charge is 0.388 e. The van der Waals surface area contributed by atoms with Gasteiger partial charge in [0.05, 0.1) is 11.7 Å². The van der Waals surface area contributed by atoms with Gasteiger partial charge >= 0.3 is 0 Å². The molecule has 0 heterocycles. The van der Waals surface area contributed by atoms with Crippen molar-refractivity contribution in [1.82, 2.24) is 0 Å². The third-order valence-electron chi connectivity index (χ3n) is 12.7. The van der Waals surface area contributed by atoms with Crippen molar-refractivity contribution < 1.29 is 20.4 Å². The molecule has 0 fully saturated rings. The van der Waals surface area contributed by atoms with E-state index in [-0.39, 0.29) is 32.5 Å². The van der Waals surface area contributed by atoms with E-state index < -0.39 is 29.8 Å².